The number of hydrogen-bond acceptors (Lipinski definition) is 8. The molecule has 10 heteroatoms. The highest BCUT2D eigenvalue weighted by atomic mass is 16.6. The number of aliphatic hydroxyl groups excluding tert-OH is 1. The minimum absolute atomic E-state index is 0.0649. The first-order valence-corrected chi connectivity index (χ1v) is 9.52. The van der Waals surface area contributed by atoms with Gasteiger partial charge in [-0.1, -0.05) is 12.1 Å². The first-order chi connectivity index (χ1) is 14.9. The Bertz CT molecular complexity index is 1340. The first kappa shape index (κ1) is 20.0. The van der Waals surface area contributed by atoms with Crippen molar-refractivity contribution in [1.82, 2.24) is 29.5 Å². The van der Waals surface area contributed by atoms with Crippen LogP contribution in [0.3, 0.4) is 0 Å². The predicted octanol–water partition coefficient (Wildman–Crippen LogP) is 2.58. The Morgan fingerprint density at radius 3 is 2.84 bits per heavy atom. The number of aryl methyl sites for hydroxylation is 2. The third kappa shape index (κ3) is 3.69. The van der Waals surface area contributed by atoms with Gasteiger partial charge in [-0.2, -0.15) is 15.3 Å². The van der Waals surface area contributed by atoms with Crippen molar-refractivity contribution in [1.29, 1.82) is 5.26 Å². The lowest BCUT2D eigenvalue weighted by Gasteiger charge is -2.15. The summed E-state index contributed by atoms with van der Waals surface area (Å²) in [6.07, 6.45) is 0.285. The number of aromatic nitrogens is 6. The van der Waals surface area contributed by atoms with Gasteiger partial charge < -0.3 is 14.8 Å². The van der Waals surface area contributed by atoms with E-state index in [0.717, 1.165) is 11.2 Å². The summed E-state index contributed by atoms with van der Waals surface area (Å²) in [4.78, 5) is 28.3. The summed E-state index contributed by atoms with van der Waals surface area (Å²) in [6, 6.07) is 9.19. The SMILES string of the molecule is Cc1nc2ncnn2c(C)c1CC(=O)O[C@@H](C)/C(O)=C(\C#N)c1nc2ccccc2[nH]1. The number of rotatable bonds is 5. The van der Waals surface area contributed by atoms with Crippen LogP contribution in [0.1, 0.15) is 29.7 Å². The summed E-state index contributed by atoms with van der Waals surface area (Å²) in [5.74, 6) is -0.302. The van der Waals surface area contributed by atoms with Gasteiger partial charge in [-0.25, -0.2) is 14.5 Å². The summed E-state index contributed by atoms with van der Waals surface area (Å²) in [6.45, 7) is 5.08. The molecule has 4 aromatic rings. The van der Waals surface area contributed by atoms with Crippen LogP contribution in [-0.2, 0) is 16.0 Å². The molecule has 0 unspecified atom stereocenters. The molecule has 1 aromatic carbocycles. The maximum absolute atomic E-state index is 12.6. The molecule has 0 spiro atoms. The molecule has 10 nitrogen and oxygen atoms in total. The molecular formula is C21H19N7O3. The van der Waals surface area contributed by atoms with Crippen LogP contribution in [-0.4, -0.2) is 46.7 Å². The summed E-state index contributed by atoms with van der Waals surface area (Å²) in [5.41, 5.74) is 3.33. The molecule has 0 aliphatic rings. The van der Waals surface area contributed by atoms with Gasteiger partial charge in [0.05, 0.1) is 17.5 Å². The highest BCUT2D eigenvalue weighted by Gasteiger charge is 2.22. The molecule has 156 valence electrons. The van der Waals surface area contributed by atoms with E-state index in [4.69, 9.17) is 4.74 Å². The molecule has 1 atom stereocenters. The number of carbonyl (C=O) groups excluding carboxylic acids is 1. The van der Waals surface area contributed by atoms with Crippen LogP contribution in [0.2, 0.25) is 0 Å². The Labute approximate surface area is 176 Å². The Morgan fingerprint density at radius 1 is 1.32 bits per heavy atom. The van der Waals surface area contributed by atoms with Crippen LogP contribution in [0.5, 0.6) is 0 Å². The number of carbonyl (C=O) groups is 1. The zero-order valence-electron chi connectivity index (χ0n) is 17.1. The summed E-state index contributed by atoms with van der Waals surface area (Å²) >= 11 is 0. The topological polar surface area (TPSA) is 142 Å². The van der Waals surface area contributed by atoms with Crippen LogP contribution in [0, 0.1) is 25.2 Å². The van der Waals surface area contributed by atoms with Gasteiger partial charge in [0.1, 0.15) is 18.0 Å². The number of imidazole rings is 1. The average Bonchev–Trinajstić information content (AvgIpc) is 3.38. The quantitative estimate of drug-likeness (QED) is 0.287. The Balaban J connectivity index is 1.56. The number of nitriles is 1. The van der Waals surface area contributed by atoms with Crippen molar-refractivity contribution < 1.29 is 14.6 Å². The summed E-state index contributed by atoms with van der Waals surface area (Å²) in [5, 5.41) is 24.2. The molecule has 0 saturated heterocycles. The summed E-state index contributed by atoms with van der Waals surface area (Å²) in [7, 11) is 0. The first-order valence-electron chi connectivity index (χ1n) is 9.52. The number of esters is 1. The van der Waals surface area contributed by atoms with E-state index >= 15 is 0 Å². The van der Waals surface area contributed by atoms with Gasteiger partial charge >= 0.3 is 5.97 Å². The van der Waals surface area contributed by atoms with Gasteiger partial charge in [0, 0.05) is 17.0 Å². The van der Waals surface area contributed by atoms with Gasteiger partial charge in [0.25, 0.3) is 5.78 Å². The number of allylic oxidation sites excluding steroid dienone is 1. The average molecular weight is 417 g/mol. The molecule has 0 aliphatic carbocycles. The number of ether oxygens (including phenoxy) is 1. The van der Waals surface area contributed by atoms with E-state index in [2.05, 4.69) is 25.0 Å². The maximum Gasteiger partial charge on any atom is 0.311 e. The normalized spacial score (nSPS) is 13.1. The Kier molecular flexibility index (Phi) is 5.09. The van der Waals surface area contributed by atoms with Crippen molar-refractivity contribution in [2.45, 2.75) is 33.3 Å². The standard InChI is InChI=1S/C21H19N7O3/c1-11-14(12(2)28-21(25-11)23-10-24-28)8-18(29)31-13(3)19(30)15(9-22)20-26-16-6-4-5-7-17(16)27-20/h4-7,10,13,30H,8H2,1-3H3,(H,26,27)/b19-15-/t13-/m0/s1. The van der Waals surface area contributed by atoms with E-state index in [1.54, 1.807) is 17.5 Å². The zero-order chi connectivity index (χ0) is 22.1. The van der Waals surface area contributed by atoms with Crippen molar-refractivity contribution in [3.05, 3.63) is 59.1 Å². The van der Waals surface area contributed by atoms with Crippen molar-refractivity contribution >= 4 is 28.4 Å². The van der Waals surface area contributed by atoms with Crippen molar-refractivity contribution in [2.75, 3.05) is 0 Å². The van der Waals surface area contributed by atoms with Crippen molar-refractivity contribution in [3.8, 4) is 6.07 Å². The molecule has 0 aliphatic heterocycles. The smallest absolute Gasteiger partial charge is 0.311 e. The van der Waals surface area contributed by atoms with Gasteiger partial charge in [0.15, 0.2) is 17.7 Å². The minimum atomic E-state index is -1.04. The fourth-order valence-corrected chi connectivity index (χ4v) is 3.36. The van der Waals surface area contributed by atoms with Crippen molar-refractivity contribution in [2.24, 2.45) is 0 Å². The van der Waals surface area contributed by atoms with Crippen molar-refractivity contribution in [3.63, 3.8) is 0 Å². The highest BCUT2D eigenvalue weighted by Crippen LogP contribution is 2.22. The molecule has 3 aromatic heterocycles. The molecule has 0 fully saturated rings. The van der Waals surface area contributed by atoms with Gasteiger partial charge in [-0.05, 0) is 32.9 Å². The second kappa shape index (κ2) is 7.87. The summed E-state index contributed by atoms with van der Waals surface area (Å²) < 4.78 is 6.93. The maximum atomic E-state index is 12.6. The van der Waals surface area contributed by atoms with E-state index in [9.17, 15) is 15.2 Å². The molecule has 2 N–H and O–H groups in total. The number of H-pyrrole nitrogens is 1. The number of para-hydroxylation sites is 2. The number of nitrogens with zero attached hydrogens (tertiary/aromatic N) is 6. The molecule has 0 saturated carbocycles. The number of fused-ring (bicyclic) bond motifs is 2. The number of hydrogen-bond donors (Lipinski definition) is 2. The lowest BCUT2D eigenvalue weighted by molar-refractivity contribution is -0.147. The largest absolute Gasteiger partial charge is 0.507 e. The van der Waals surface area contributed by atoms with E-state index < -0.39 is 12.1 Å². The third-order valence-electron chi connectivity index (χ3n) is 5.00. The fourth-order valence-electron chi connectivity index (χ4n) is 3.36. The van der Waals surface area contributed by atoms with Gasteiger partial charge in [-0.15, -0.1) is 0 Å². The van der Waals surface area contributed by atoms with E-state index in [1.807, 2.05) is 31.2 Å². The van der Waals surface area contributed by atoms with Crippen LogP contribution >= 0.6 is 0 Å². The second-order valence-corrected chi connectivity index (χ2v) is 7.02. The number of nitrogens with one attached hydrogen (secondary N) is 1. The Morgan fingerprint density at radius 2 is 2.10 bits per heavy atom. The fraction of sp³-hybridized carbons (Fsp3) is 0.238. The van der Waals surface area contributed by atoms with Crippen LogP contribution in [0.25, 0.3) is 22.4 Å². The molecular weight excluding hydrogens is 398 g/mol. The zero-order valence-corrected chi connectivity index (χ0v) is 17.1. The lowest BCUT2D eigenvalue weighted by Crippen LogP contribution is -2.21. The molecule has 31 heavy (non-hydrogen) atoms. The number of aromatic amines is 1. The second-order valence-electron chi connectivity index (χ2n) is 7.02. The van der Waals surface area contributed by atoms with Crippen LogP contribution in [0.15, 0.2) is 36.4 Å². The van der Waals surface area contributed by atoms with Gasteiger partial charge in [-0.3, -0.25) is 4.79 Å². The van der Waals surface area contributed by atoms with Crippen LogP contribution in [0.4, 0.5) is 0 Å². The number of benzene rings is 1. The molecule has 0 radical (unpaired) electrons. The monoisotopic (exact) mass is 417 g/mol. The molecule has 3 heterocycles. The molecule has 4 rings (SSSR count). The van der Waals surface area contributed by atoms with Gasteiger partial charge in [0.2, 0.25) is 0 Å². The van der Waals surface area contributed by atoms with E-state index in [1.165, 1.54) is 13.3 Å². The Hall–Kier alpha value is -4.26. The third-order valence-corrected chi connectivity index (χ3v) is 5.00. The minimum Gasteiger partial charge on any atom is -0.507 e. The molecule has 0 bridgehead atoms. The molecule has 0 amide bonds. The predicted molar refractivity (Wildman–Crippen MR) is 111 cm³/mol. The number of aliphatic hydroxyl groups is 1. The van der Waals surface area contributed by atoms with E-state index in [-0.39, 0.29) is 23.6 Å². The highest BCUT2D eigenvalue weighted by molar-refractivity contribution is 5.83. The lowest BCUT2D eigenvalue weighted by atomic mass is 10.1. The van der Waals surface area contributed by atoms with E-state index in [0.29, 0.717) is 22.6 Å². The van der Waals surface area contributed by atoms with Crippen LogP contribution < -0.4 is 0 Å².